The molecule has 4 atom stereocenters. The van der Waals surface area contributed by atoms with E-state index >= 15 is 0 Å². The van der Waals surface area contributed by atoms with E-state index in [4.69, 9.17) is 4.74 Å². The molecule has 1 spiro atoms. The summed E-state index contributed by atoms with van der Waals surface area (Å²) in [7, 11) is 0. The molecule has 1 heterocycles. The molecular weight excluding hydrogens is 376 g/mol. The van der Waals surface area contributed by atoms with Crippen LogP contribution in [-0.2, 0) is 10.2 Å². The number of aliphatic carboxylic acids is 1. The summed E-state index contributed by atoms with van der Waals surface area (Å²) in [6.45, 7) is 11.1. The highest BCUT2D eigenvalue weighted by molar-refractivity contribution is 5.87. The number of carbonyl (C=O) groups is 1. The molecule has 1 saturated carbocycles. The third kappa shape index (κ3) is 2.90. The molecule has 0 radical (unpaired) electrons. The van der Waals surface area contributed by atoms with E-state index in [1.807, 2.05) is 12.1 Å². The van der Waals surface area contributed by atoms with Crippen LogP contribution in [0.4, 0.5) is 0 Å². The summed E-state index contributed by atoms with van der Waals surface area (Å²) in [4.78, 5) is 11.7. The minimum absolute atomic E-state index is 0.0148. The van der Waals surface area contributed by atoms with Crippen molar-refractivity contribution in [2.45, 2.75) is 96.5 Å². The molecule has 2 unspecified atom stereocenters. The van der Waals surface area contributed by atoms with Crippen LogP contribution in [0.25, 0.3) is 0 Å². The summed E-state index contributed by atoms with van der Waals surface area (Å²) in [6.07, 6.45) is 8.98. The molecule has 3 aliphatic rings. The van der Waals surface area contributed by atoms with E-state index in [0.29, 0.717) is 24.3 Å². The van der Waals surface area contributed by atoms with Crippen molar-refractivity contribution in [3.63, 3.8) is 0 Å². The zero-order valence-electron chi connectivity index (χ0n) is 19.0. The van der Waals surface area contributed by atoms with Gasteiger partial charge in [0.25, 0.3) is 0 Å². The lowest BCUT2D eigenvalue weighted by Crippen LogP contribution is -2.36. The highest BCUT2D eigenvalue weighted by Gasteiger charge is 2.79. The third-order valence-corrected chi connectivity index (χ3v) is 8.67. The number of phenols is 1. The second-order valence-electron chi connectivity index (χ2n) is 10.6. The average Bonchev–Trinajstić information content (AvgIpc) is 3.16. The number of rotatable bonds is 7. The maximum absolute atomic E-state index is 11.7. The van der Waals surface area contributed by atoms with Crippen molar-refractivity contribution in [3.8, 4) is 11.5 Å². The van der Waals surface area contributed by atoms with Crippen molar-refractivity contribution in [1.82, 2.24) is 0 Å². The number of carboxylic acids is 1. The number of carboxylic acid groups (broad SMARTS) is 1. The van der Waals surface area contributed by atoms with Crippen molar-refractivity contribution in [2.75, 3.05) is 0 Å². The van der Waals surface area contributed by atoms with Crippen molar-refractivity contribution in [1.29, 1.82) is 0 Å². The van der Waals surface area contributed by atoms with Crippen molar-refractivity contribution >= 4 is 5.97 Å². The Morgan fingerprint density at radius 1 is 1.27 bits per heavy atom. The zero-order valence-corrected chi connectivity index (χ0v) is 19.0. The van der Waals surface area contributed by atoms with E-state index in [1.165, 1.54) is 25.7 Å². The Labute approximate surface area is 180 Å². The largest absolute Gasteiger partial charge is 0.508 e. The minimum atomic E-state index is -0.850. The number of fused-ring (bicyclic) bond motifs is 2. The molecule has 1 aromatic rings. The first kappa shape index (κ1) is 21.3. The van der Waals surface area contributed by atoms with Gasteiger partial charge in [-0.2, -0.15) is 0 Å². The fourth-order valence-electron chi connectivity index (χ4n) is 6.40. The summed E-state index contributed by atoms with van der Waals surface area (Å²) in [5.41, 5.74) is 1.90. The van der Waals surface area contributed by atoms with E-state index < -0.39 is 5.97 Å². The highest BCUT2D eigenvalue weighted by atomic mass is 16.5. The Morgan fingerprint density at radius 3 is 2.67 bits per heavy atom. The van der Waals surface area contributed by atoms with Crippen LogP contribution in [0.15, 0.2) is 23.8 Å². The highest BCUT2D eigenvalue weighted by Crippen LogP contribution is 2.78. The number of hydrogen-bond acceptors (Lipinski definition) is 3. The standard InChI is InChI=1S/C26H36O4/c1-6-7-8-9-11-24(3,4)18-14-20(27)22-19-13-17(23(28)29)10-12-26(19)16(2)25(26,5)30-21(22)15-18/h10,14-16,19,27H,6-9,11-13H2,1-5H3,(H,28,29)/t16?,19-,25?,26-/m0/s1. The van der Waals surface area contributed by atoms with Crippen LogP contribution in [0.5, 0.6) is 11.5 Å². The van der Waals surface area contributed by atoms with Gasteiger partial charge in [0.1, 0.15) is 17.1 Å². The van der Waals surface area contributed by atoms with Gasteiger partial charge in [0, 0.05) is 28.4 Å². The SMILES string of the molecule is CCCCCCC(C)(C)c1cc(O)c2c(c1)OC1(C)C(C)[C@]13CC=C(C(=O)O)C[C@@H]23. The first-order valence-electron chi connectivity index (χ1n) is 11.6. The van der Waals surface area contributed by atoms with Gasteiger partial charge in [-0.25, -0.2) is 4.79 Å². The summed E-state index contributed by atoms with van der Waals surface area (Å²) in [5.74, 6) is 0.474. The maximum Gasteiger partial charge on any atom is 0.331 e. The first-order valence-corrected chi connectivity index (χ1v) is 11.6. The molecular formula is C26H36O4. The van der Waals surface area contributed by atoms with Crippen LogP contribution in [0.1, 0.15) is 96.6 Å². The molecule has 0 aromatic heterocycles. The smallest absolute Gasteiger partial charge is 0.331 e. The predicted molar refractivity (Wildman–Crippen MR) is 118 cm³/mol. The van der Waals surface area contributed by atoms with Gasteiger partial charge in [0.05, 0.1) is 0 Å². The molecule has 0 saturated heterocycles. The van der Waals surface area contributed by atoms with Crippen LogP contribution >= 0.6 is 0 Å². The average molecular weight is 413 g/mol. The molecule has 2 aliphatic carbocycles. The molecule has 164 valence electrons. The predicted octanol–water partition coefficient (Wildman–Crippen LogP) is 6.32. The van der Waals surface area contributed by atoms with Gasteiger partial charge in [-0.3, -0.25) is 0 Å². The van der Waals surface area contributed by atoms with Gasteiger partial charge in [-0.15, -0.1) is 0 Å². The summed E-state index contributed by atoms with van der Waals surface area (Å²) < 4.78 is 6.58. The van der Waals surface area contributed by atoms with Crippen LogP contribution in [0.3, 0.4) is 0 Å². The molecule has 0 amide bonds. The molecule has 2 N–H and O–H groups in total. The number of hydrogen-bond donors (Lipinski definition) is 2. The molecule has 4 rings (SSSR count). The Kier molecular flexibility index (Phi) is 4.99. The quantitative estimate of drug-likeness (QED) is 0.515. The fourth-order valence-corrected chi connectivity index (χ4v) is 6.40. The van der Waals surface area contributed by atoms with Crippen LogP contribution < -0.4 is 4.74 Å². The van der Waals surface area contributed by atoms with E-state index in [1.54, 1.807) is 0 Å². The Balaban J connectivity index is 1.70. The molecule has 4 nitrogen and oxygen atoms in total. The molecule has 30 heavy (non-hydrogen) atoms. The van der Waals surface area contributed by atoms with Gasteiger partial charge in [0.2, 0.25) is 0 Å². The van der Waals surface area contributed by atoms with Gasteiger partial charge in [-0.05, 0) is 49.3 Å². The molecule has 1 aromatic carbocycles. The van der Waals surface area contributed by atoms with E-state index in [9.17, 15) is 15.0 Å². The topological polar surface area (TPSA) is 66.8 Å². The van der Waals surface area contributed by atoms with Gasteiger partial charge in [-0.1, -0.05) is 59.5 Å². The van der Waals surface area contributed by atoms with Gasteiger partial charge in [0.15, 0.2) is 0 Å². The third-order valence-electron chi connectivity index (χ3n) is 8.67. The summed E-state index contributed by atoms with van der Waals surface area (Å²) in [5, 5.41) is 20.7. The van der Waals surface area contributed by atoms with E-state index in [2.05, 4.69) is 40.7 Å². The lowest BCUT2D eigenvalue weighted by Gasteiger charge is -2.41. The Morgan fingerprint density at radius 2 is 2.00 bits per heavy atom. The molecule has 1 fully saturated rings. The Hall–Kier alpha value is -1.97. The number of aromatic hydroxyl groups is 1. The second kappa shape index (κ2) is 7.03. The summed E-state index contributed by atoms with van der Waals surface area (Å²) >= 11 is 0. The van der Waals surface area contributed by atoms with Crippen LogP contribution in [0.2, 0.25) is 0 Å². The molecule has 0 bridgehead atoms. The van der Waals surface area contributed by atoms with Crippen molar-refractivity contribution in [2.24, 2.45) is 11.3 Å². The van der Waals surface area contributed by atoms with Crippen molar-refractivity contribution in [3.05, 3.63) is 34.9 Å². The molecule has 1 aliphatic heterocycles. The number of benzene rings is 1. The van der Waals surface area contributed by atoms with Crippen LogP contribution in [0, 0.1) is 11.3 Å². The van der Waals surface area contributed by atoms with Gasteiger partial charge < -0.3 is 14.9 Å². The van der Waals surface area contributed by atoms with Crippen LogP contribution in [-0.4, -0.2) is 21.8 Å². The normalized spacial score (nSPS) is 31.7. The second-order valence-corrected chi connectivity index (χ2v) is 10.6. The summed E-state index contributed by atoms with van der Waals surface area (Å²) in [6, 6.07) is 4.03. The zero-order chi connectivity index (χ0) is 21.9. The molecule has 4 heteroatoms. The number of ether oxygens (including phenoxy) is 1. The lowest BCUT2D eigenvalue weighted by molar-refractivity contribution is -0.133. The maximum atomic E-state index is 11.7. The number of phenolic OH excluding ortho intramolecular Hbond substituents is 1. The van der Waals surface area contributed by atoms with Gasteiger partial charge >= 0.3 is 5.97 Å². The monoisotopic (exact) mass is 412 g/mol. The van der Waals surface area contributed by atoms with E-state index in [-0.39, 0.29) is 28.1 Å². The van der Waals surface area contributed by atoms with Crippen molar-refractivity contribution < 1.29 is 19.7 Å². The fraction of sp³-hybridized carbons (Fsp3) is 0.654. The Bertz CT molecular complexity index is 899. The van der Waals surface area contributed by atoms with E-state index in [0.717, 1.165) is 23.3 Å². The minimum Gasteiger partial charge on any atom is -0.508 e. The number of unbranched alkanes of at least 4 members (excludes halogenated alkanes) is 3. The lowest BCUT2D eigenvalue weighted by atomic mass is 9.68. The number of allylic oxidation sites excluding steroid dienone is 1. The first-order chi connectivity index (χ1) is 14.1.